The topological polar surface area (TPSA) is 34.6 Å². The highest BCUT2D eigenvalue weighted by Gasteiger charge is 2.22. The lowest BCUT2D eigenvalue weighted by atomic mass is 10.4. The third kappa shape index (κ3) is 2.31. The third-order valence-electron chi connectivity index (χ3n) is 1.54. The van der Waals surface area contributed by atoms with E-state index in [1.54, 1.807) is 6.20 Å². The van der Waals surface area contributed by atoms with Gasteiger partial charge in [0.1, 0.15) is 22.2 Å². The van der Waals surface area contributed by atoms with Crippen molar-refractivity contribution in [3.8, 4) is 5.75 Å². The first-order valence-electron chi connectivity index (χ1n) is 3.70. The second-order valence-electron chi connectivity index (χ2n) is 2.58. The quantitative estimate of drug-likeness (QED) is 0.476. The average molecular weight is 277 g/mol. The zero-order chi connectivity index (χ0) is 8.39. The molecule has 1 fully saturated rings. The van der Waals surface area contributed by atoms with Crippen LogP contribution < -0.4 is 4.74 Å². The van der Waals surface area contributed by atoms with Gasteiger partial charge in [0.2, 0.25) is 0 Å². The largest absolute Gasteiger partial charge is 0.489 e. The molecule has 3 nitrogen and oxygen atoms in total. The van der Waals surface area contributed by atoms with Gasteiger partial charge in [-0.2, -0.15) is 0 Å². The van der Waals surface area contributed by atoms with Crippen molar-refractivity contribution in [1.29, 1.82) is 0 Å². The van der Waals surface area contributed by atoms with Gasteiger partial charge in [0.05, 0.1) is 12.8 Å². The summed E-state index contributed by atoms with van der Waals surface area (Å²) >= 11 is 2.16. The average Bonchev–Trinajstić information content (AvgIpc) is 2.87. The van der Waals surface area contributed by atoms with Gasteiger partial charge in [-0.1, -0.05) is 0 Å². The van der Waals surface area contributed by atoms with Crippen molar-refractivity contribution >= 4 is 22.6 Å². The van der Waals surface area contributed by atoms with Crippen LogP contribution in [0.3, 0.4) is 0 Å². The predicted molar refractivity (Wildman–Crippen MR) is 52.2 cm³/mol. The van der Waals surface area contributed by atoms with Crippen LogP contribution in [-0.4, -0.2) is 24.3 Å². The summed E-state index contributed by atoms with van der Waals surface area (Å²) in [6, 6.07) is 3.83. The third-order valence-corrected chi connectivity index (χ3v) is 2.18. The monoisotopic (exact) mass is 277 g/mol. The molecule has 1 unspecified atom stereocenters. The fourth-order valence-electron chi connectivity index (χ4n) is 0.801. The molecule has 2 heterocycles. The molecule has 1 aromatic heterocycles. The van der Waals surface area contributed by atoms with Crippen LogP contribution in [0.15, 0.2) is 18.3 Å². The zero-order valence-electron chi connectivity index (χ0n) is 6.37. The second kappa shape index (κ2) is 3.57. The molecule has 0 radical (unpaired) electrons. The maximum Gasteiger partial charge on any atom is 0.137 e. The van der Waals surface area contributed by atoms with E-state index in [1.165, 1.54) is 0 Å². The number of pyridine rings is 1. The molecule has 1 saturated heterocycles. The van der Waals surface area contributed by atoms with Crippen LogP contribution in [0.1, 0.15) is 0 Å². The maximum absolute atomic E-state index is 5.39. The van der Waals surface area contributed by atoms with E-state index in [4.69, 9.17) is 9.47 Å². The summed E-state index contributed by atoms with van der Waals surface area (Å²) < 4.78 is 11.4. The highest BCUT2D eigenvalue weighted by atomic mass is 127. The minimum atomic E-state index is 0.310. The summed E-state index contributed by atoms with van der Waals surface area (Å²) in [5.41, 5.74) is 0. The number of rotatable bonds is 3. The van der Waals surface area contributed by atoms with Gasteiger partial charge in [-0.25, -0.2) is 4.98 Å². The highest BCUT2D eigenvalue weighted by Crippen LogP contribution is 2.14. The molecule has 0 N–H and O–H groups in total. The van der Waals surface area contributed by atoms with E-state index in [0.717, 1.165) is 16.1 Å². The Bertz CT molecular complexity index is 258. The Hall–Kier alpha value is -0.360. The minimum absolute atomic E-state index is 0.310. The normalized spacial score (nSPS) is 20.6. The molecule has 1 atom stereocenters. The lowest BCUT2D eigenvalue weighted by Crippen LogP contribution is -2.04. The van der Waals surface area contributed by atoms with Crippen LogP contribution in [0, 0.1) is 3.70 Å². The number of nitrogens with zero attached hydrogens (tertiary/aromatic N) is 1. The first-order valence-corrected chi connectivity index (χ1v) is 4.78. The van der Waals surface area contributed by atoms with Crippen LogP contribution >= 0.6 is 22.6 Å². The Morgan fingerprint density at radius 2 is 2.50 bits per heavy atom. The molecular formula is C8H8INO2. The van der Waals surface area contributed by atoms with Crippen LogP contribution in [0.4, 0.5) is 0 Å². The van der Waals surface area contributed by atoms with E-state index in [1.807, 2.05) is 12.1 Å². The minimum Gasteiger partial charge on any atom is -0.489 e. The van der Waals surface area contributed by atoms with Crippen molar-refractivity contribution in [3.05, 3.63) is 22.0 Å². The Morgan fingerprint density at radius 1 is 1.67 bits per heavy atom. The molecule has 1 aliphatic rings. The molecule has 1 aromatic rings. The molecule has 0 amide bonds. The van der Waals surface area contributed by atoms with Crippen LogP contribution in [0.2, 0.25) is 0 Å². The van der Waals surface area contributed by atoms with E-state index < -0.39 is 0 Å². The van der Waals surface area contributed by atoms with Crippen molar-refractivity contribution in [2.45, 2.75) is 6.10 Å². The maximum atomic E-state index is 5.39. The summed E-state index contributed by atoms with van der Waals surface area (Å²) in [6.45, 7) is 1.47. The molecule has 0 spiro atoms. The molecule has 0 saturated carbocycles. The molecule has 0 bridgehead atoms. The smallest absolute Gasteiger partial charge is 0.137 e. The van der Waals surface area contributed by atoms with E-state index >= 15 is 0 Å². The van der Waals surface area contributed by atoms with E-state index in [2.05, 4.69) is 27.6 Å². The number of hydrogen-bond donors (Lipinski definition) is 0. The Kier molecular flexibility index (Phi) is 2.45. The first-order chi connectivity index (χ1) is 5.84. The van der Waals surface area contributed by atoms with Crippen molar-refractivity contribution in [2.75, 3.05) is 13.2 Å². The lowest BCUT2D eigenvalue weighted by Gasteiger charge is -2.02. The standard InChI is InChI=1S/C8H8INO2/c9-8-2-1-6(3-10-8)11-4-7-5-12-7/h1-3,7H,4-5H2. The molecular weight excluding hydrogens is 269 g/mol. The van der Waals surface area contributed by atoms with E-state index in [0.29, 0.717) is 12.7 Å². The van der Waals surface area contributed by atoms with Gasteiger partial charge in [-0.15, -0.1) is 0 Å². The first kappa shape index (κ1) is 8.25. The van der Waals surface area contributed by atoms with Gasteiger partial charge in [0.15, 0.2) is 0 Å². The van der Waals surface area contributed by atoms with Crippen molar-refractivity contribution in [3.63, 3.8) is 0 Å². The van der Waals surface area contributed by atoms with Gasteiger partial charge < -0.3 is 9.47 Å². The molecule has 64 valence electrons. The fourth-order valence-corrected chi connectivity index (χ4v) is 1.12. The molecule has 2 rings (SSSR count). The molecule has 0 aliphatic carbocycles. The Balaban J connectivity index is 1.89. The van der Waals surface area contributed by atoms with Gasteiger partial charge >= 0.3 is 0 Å². The lowest BCUT2D eigenvalue weighted by molar-refractivity contribution is 0.262. The summed E-state index contributed by atoms with van der Waals surface area (Å²) in [6.07, 6.45) is 2.04. The van der Waals surface area contributed by atoms with Crippen LogP contribution in [0.25, 0.3) is 0 Å². The summed E-state index contributed by atoms with van der Waals surface area (Å²) in [5, 5.41) is 0. The zero-order valence-corrected chi connectivity index (χ0v) is 8.52. The van der Waals surface area contributed by atoms with Crippen molar-refractivity contribution in [2.24, 2.45) is 0 Å². The van der Waals surface area contributed by atoms with Gasteiger partial charge in [-0.3, -0.25) is 0 Å². The Labute approximate surface area is 84.2 Å². The molecule has 12 heavy (non-hydrogen) atoms. The molecule has 4 heteroatoms. The van der Waals surface area contributed by atoms with E-state index in [-0.39, 0.29) is 0 Å². The number of ether oxygens (including phenoxy) is 2. The van der Waals surface area contributed by atoms with Crippen molar-refractivity contribution in [1.82, 2.24) is 4.98 Å². The van der Waals surface area contributed by atoms with Gasteiger partial charge in [0, 0.05) is 0 Å². The summed E-state index contributed by atoms with van der Waals surface area (Å²) in [7, 11) is 0. The number of aromatic nitrogens is 1. The summed E-state index contributed by atoms with van der Waals surface area (Å²) in [4.78, 5) is 4.10. The number of halogens is 1. The van der Waals surface area contributed by atoms with Crippen LogP contribution in [-0.2, 0) is 4.74 Å². The fraction of sp³-hybridized carbons (Fsp3) is 0.375. The SMILES string of the molecule is Ic1ccc(OCC2CO2)cn1. The van der Waals surface area contributed by atoms with Gasteiger partial charge in [-0.05, 0) is 34.7 Å². The van der Waals surface area contributed by atoms with E-state index in [9.17, 15) is 0 Å². The summed E-state index contributed by atoms with van der Waals surface area (Å²) in [5.74, 6) is 0.811. The Morgan fingerprint density at radius 3 is 3.08 bits per heavy atom. The van der Waals surface area contributed by atoms with Crippen LogP contribution in [0.5, 0.6) is 5.75 Å². The highest BCUT2D eigenvalue weighted by molar-refractivity contribution is 14.1. The number of epoxide rings is 1. The number of hydrogen-bond acceptors (Lipinski definition) is 3. The molecule has 1 aliphatic heterocycles. The van der Waals surface area contributed by atoms with Gasteiger partial charge in [0.25, 0.3) is 0 Å². The molecule has 0 aromatic carbocycles. The van der Waals surface area contributed by atoms with Crippen molar-refractivity contribution < 1.29 is 9.47 Å². The predicted octanol–water partition coefficient (Wildman–Crippen LogP) is 1.46. The second-order valence-corrected chi connectivity index (χ2v) is 3.69.